The van der Waals surface area contributed by atoms with Gasteiger partial charge in [0.05, 0.1) is 5.69 Å². The molecule has 0 heterocycles. The fourth-order valence-electron chi connectivity index (χ4n) is 1.55. The zero-order chi connectivity index (χ0) is 14.4. The van der Waals surface area contributed by atoms with E-state index in [0.717, 1.165) is 0 Å². The highest BCUT2D eigenvalue weighted by Crippen LogP contribution is 2.13. The molecule has 0 aliphatic carbocycles. The molecule has 1 aromatic rings. The molecule has 104 valence electrons. The van der Waals surface area contributed by atoms with Crippen LogP contribution in [-0.4, -0.2) is 23.1 Å². The van der Waals surface area contributed by atoms with Crippen molar-refractivity contribution in [2.24, 2.45) is 5.92 Å². The third-order valence-electron chi connectivity index (χ3n) is 2.89. The molecule has 0 spiro atoms. The van der Waals surface area contributed by atoms with Gasteiger partial charge in [0.25, 0.3) is 0 Å². The summed E-state index contributed by atoms with van der Waals surface area (Å²) in [4.78, 5) is 22.7. The molecule has 19 heavy (non-hydrogen) atoms. The van der Waals surface area contributed by atoms with Crippen molar-refractivity contribution in [1.29, 1.82) is 0 Å². The lowest BCUT2D eigenvalue weighted by atomic mass is 9.99. The number of rotatable bonds is 5. The smallest absolute Gasteiger partial charge is 0.326 e. The fraction of sp³-hybridized carbons (Fsp3) is 0.385. The van der Waals surface area contributed by atoms with Gasteiger partial charge < -0.3 is 15.7 Å². The number of carbonyl (C=O) groups is 2. The summed E-state index contributed by atoms with van der Waals surface area (Å²) in [6, 6.07) is 3.93. The third-order valence-corrected chi connectivity index (χ3v) is 2.89. The molecule has 5 nitrogen and oxygen atoms in total. The summed E-state index contributed by atoms with van der Waals surface area (Å²) >= 11 is 0. The standard InChI is InChI=1S/C13H17FN2O3/c1-3-8(2)11(12(17)18)16-13(19)15-10-7-5-4-6-9(10)14/h4-8,11H,3H2,1-2H3,(H,17,18)(H2,15,16,19)/t8-,11+/m1/s1. The Balaban J connectivity index is 2.68. The van der Waals surface area contributed by atoms with E-state index in [-0.39, 0.29) is 11.6 Å². The number of amides is 2. The number of para-hydroxylation sites is 1. The fourth-order valence-corrected chi connectivity index (χ4v) is 1.55. The normalized spacial score (nSPS) is 13.4. The van der Waals surface area contributed by atoms with Crippen molar-refractivity contribution in [3.63, 3.8) is 0 Å². The number of aliphatic carboxylic acids is 1. The number of urea groups is 1. The summed E-state index contributed by atoms with van der Waals surface area (Å²) < 4.78 is 13.3. The lowest BCUT2D eigenvalue weighted by Gasteiger charge is -2.20. The molecule has 2 atom stereocenters. The summed E-state index contributed by atoms with van der Waals surface area (Å²) in [7, 11) is 0. The summed E-state index contributed by atoms with van der Waals surface area (Å²) in [6.45, 7) is 3.55. The van der Waals surface area contributed by atoms with E-state index in [2.05, 4.69) is 10.6 Å². The van der Waals surface area contributed by atoms with Gasteiger partial charge in [-0.2, -0.15) is 0 Å². The van der Waals surface area contributed by atoms with Gasteiger partial charge >= 0.3 is 12.0 Å². The highest BCUT2D eigenvalue weighted by Gasteiger charge is 2.25. The highest BCUT2D eigenvalue weighted by atomic mass is 19.1. The molecular formula is C13H17FN2O3. The number of nitrogens with one attached hydrogen (secondary N) is 2. The number of carbonyl (C=O) groups excluding carboxylic acids is 1. The van der Waals surface area contributed by atoms with Crippen LogP contribution in [0.4, 0.5) is 14.9 Å². The summed E-state index contributed by atoms with van der Waals surface area (Å²) in [6.07, 6.45) is 0.608. The van der Waals surface area contributed by atoms with E-state index in [9.17, 15) is 14.0 Å². The number of benzene rings is 1. The van der Waals surface area contributed by atoms with Crippen LogP contribution in [0, 0.1) is 11.7 Å². The average Bonchev–Trinajstić information content (AvgIpc) is 2.37. The van der Waals surface area contributed by atoms with Crippen LogP contribution in [0.3, 0.4) is 0 Å². The van der Waals surface area contributed by atoms with E-state index in [1.165, 1.54) is 18.2 Å². The number of carboxylic acid groups (broad SMARTS) is 1. The lowest BCUT2D eigenvalue weighted by molar-refractivity contribution is -0.140. The van der Waals surface area contributed by atoms with Crippen molar-refractivity contribution in [3.05, 3.63) is 30.1 Å². The van der Waals surface area contributed by atoms with Gasteiger partial charge in [0.15, 0.2) is 0 Å². The van der Waals surface area contributed by atoms with Crippen LogP contribution in [-0.2, 0) is 4.79 Å². The molecule has 0 saturated carbocycles. The monoisotopic (exact) mass is 268 g/mol. The molecule has 0 fully saturated rings. The van der Waals surface area contributed by atoms with Crippen molar-refractivity contribution in [1.82, 2.24) is 5.32 Å². The predicted molar refractivity (Wildman–Crippen MR) is 69.4 cm³/mol. The minimum absolute atomic E-state index is 0.00768. The molecule has 1 rings (SSSR count). The number of hydrogen-bond donors (Lipinski definition) is 3. The van der Waals surface area contributed by atoms with Gasteiger partial charge in [0.1, 0.15) is 11.9 Å². The Hall–Kier alpha value is -2.11. The van der Waals surface area contributed by atoms with E-state index in [4.69, 9.17) is 5.11 Å². The summed E-state index contributed by atoms with van der Waals surface area (Å²) in [5.74, 6) is -1.91. The van der Waals surface area contributed by atoms with E-state index < -0.39 is 23.9 Å². The second-order valence-electron chi connectivity index (χ2n) is 4.28. The quantitative estimate of drug-likeness (QED) is 0.767. The minimum Gasteiger partial charge on any atom is -0.480 e. The molecule has 6 heteroatoms. The van der Waals surface area contributed by atoms with Crippen molar-refractivity contribution < 1.29 is 19.1 Å². The highest BCUT2D eigenvalue weighted by molar-refractivity contribution is 5.92. The largest absolute Gasteiger partial charge is 0.480 e. The molecule has 0 aromatic heterocycles. The average molecular weight is 268 g/mol. The zero-order valence-electron chi connectivity index (χ0n) is 10.8. The number of hydrogen-bond acceptors (Lipinski definition) is 2. The van der Waals surface area contributed by atoms with Gasteiger partial charge in [-0.25, -0.2) is 14.0 Å². The first-order chi connectivity index (χ1) is 8.95. The van der Waals surface area contributed by atoms with Crippen LogP contribution in [0.1, 0.15) is 20.3 Å². The predicted octanol–water partition coefficient (Wildman–Crippen LogP) is 2.45. The summed E-state index contributed by atoms with van der Waals surface area (Å²) in [5.41, 5.74) is 0.00768. The number of anilines is 1. The maximum Gasteiger partial charge on any atom is 0.326 e. The molecule has 3 N–H and O–H groups in total. The van der Waals surface area contributed by atoms with Gasteiger partial charge in [-0.3, -0.25) is 0 Å². The van der Waals surface area contributed by atoms with E-state index >= 15 is 0 Å². The Morgan fingerprint density at radius 2 is 2.00 bits per heavy atom. The molecular weight excluding hydrogens is 251 g/mol. The van der Waals surface area contributed by atoms with Gasteiger partial charge in [-0.1, -0.05) is 32.4 Å². The van der Waals surface area contributed by atoms with Gasteiger partial charge in [0.2, 0.25) is 0 Å². The van der Waals surface area contributed by atoms with Gasteiger partial charge in [-0.15, -0.1) is 0 Å². The maximum atomic E-state index is 13.3. The Bertz CT molecular complexity index is 465. The van der Waals surface area contributed by atoms with Crippen LogP contribution < -0.4 is 10.6 Å². The summed E-state index contributed by atoms with van der Waals surface area (Å²) in [5, 5.41) is 13.6. The van der Waals surface area contributed by atoms with Gasteiger partial charge in [0, 0.05) is 0 Å². The zero-order valence-corrected chi connectivity index (χ0v) is 10.8. The van der Waals surface area contributed by atoms with Crippen LogP contribution >= 0.6 is 0 Å². The molecule has 2 amide bonds. The molecule has 1 aromatic carbocycles. The SMILES string of the molecule is CC[C@@H](C)[C@H](NC(=O)Nc1ccccc1F)C(=O)O. The molecule has 0 aliphatic rings. The first-order valence-corrected chi connectivity index (χ1v) is 6.00. The first-order valence-electron chi connectivity index (χ1n) is 6.00. The van der Waals surface area contributed by atoms with Crippen molar-refractivity contribution in [2.75, 3.05) is 5.32 Å². The molecule has 0 aliphatic heterocycles. The van der Waals surface area contributed by atoms with Crippen LogP contribution in [0.2, 0.25) is 0 Å². The second kappa shape index (κ2) is 6.72. The lowest BCUT2D eigenvalue weighted by Crippen LogP contribution is -2.46. The number of halogens is 1. The Morgan fingerprint density at radius 3 is 2.53 bits per heavy atom. The molecule has 0 unspecified atom stereocenters. The van der Waals surface area contributed by atoms with Gasteiger partial charge in [-0.05, 0) is 18.1 Å². The number of carboxylic acids is 1. The van der Waals surface area contributed by atoms with E-state index in [1.807, 2.05) is 6.92 Å². The Labute approximate surface area is 110 Å². The second-order valence-corrected chi connectivity index (χ2v) is 4.28. The molecule has 0 bridgehead atoms. The van der Waals surface area contributed by atoms with E-state index in [0.29, 0.717) is 6.42 Å². The van der Waals surface area contributed by atoms with Crippen molar-refractivity contribution in [2.45, 2.75) is 26.3 Å². The minimum atomic E-state index is -1.11. The maximum absolute atomic E-state index is 13.3. The Kier molecular flexibility index (Phi) is 5.29. The molecule has 0 radical (unpaired) electrons. The first kappa shape index (κ1) is 14.9. The van der Waals surface area contributed by atoms with Crippen molar-refractivity contribution in [3.8, 4) is 0 Å². The van der Waals surface area contributed by atoms with Crippen LogP contribution in [0.5, 0.6) is 0 Å². The topological polar surface area (TPSA) is 78.4 Å². The van der Waals surface area contributed by atoms with Crippen LogP contribution in [0.15, 0.2) is 24.3 Å². The van der Waals surface area contributed by atoms with Crippen LogP contribution in [0.25, 0.3) is 0 Å². The molecule has 0 saturated heterocycles. The van der Waals surface area contributed by atoms with Crippen molar-refractivity contribution >= 4 is 17.7 Å². The third kappa shape index (κ3) is 4.24. The Morgan fingerprint density at radius 1 is 1.37 bits per heavy atom. The van der Waals surface area contributed by atoms with E-state index in [1.54, 1.807) is 13.0 Å².